The average Bonchev–Trinajstić information content (AvgIpc) is 2.63. The Bertz CT molecular complexity index is 774. The van der Waals surface area contributed by atoms with Crippen LogP contribution >= 0.6 is 11.6 Å². The Hall–Kier alpha value is -2.67. The van der Waals surface area contributed by atoms with E-state index in [0.29, 0.717) is 42.5 Å². The summed E-state index contributed by atoms with van der Waals surface area (Å²) in [5.74, 6) is 0.240. The summed E-state index contributed by atoms with van der Waals surface area (Å²) in [7, 11) is 0. The van der Waals surface area contributed by atoms with Crippen LogP contribution in [0.15, 0.2) is 42.6 Å². The minimum atomic E-state index is -0.375. The minimum Gasteiger partial charge on any atom is -0.366 e. The summed E-state index contributed by atoms with van der Waals surface area (Å²) < 4.78 is 0. The van der Waals surface area contributed by atoms with Crippen LogP contribution in [0.3, 0.4) is 0 Å². The van der Waals surface area contributed by atoms with Crippen LogP contribution in [0.1, 0.15) is 12.8 Å². The second-order valence-corrected chi connectivity index (χ2v) is 6.29. The van der Waals surface area contributed by atoms with Gasteiger partial charge in [-0.1, -0.05) is 23.7 Å². The number of rotatable bonds is 4. The molecule has 1 aromatic heterocycles. The lowest BCUT2D eigenvalue weighted by molar-refractivity contribution is -0.384. The molecule has 1 N–H and O–H groups in total. The quantitative estimate of drug-likeness (QED) is 0.666. The van der Waals surface area contributed by atoms with Crippen LogP contribution in [-0.2, 0) is 4.79 Å². The van der Waals surface area contributed by atoms with Crippen LogP contribution in [0.4, 0.5) is 17.2 Å². The number of nitro groups is 1. The predicted octanol–water partition coefficient (Wildman–Crippen LogP) is 3.50. The van der Waals surface area contributed by atoms with Crippen molar-refractivity contribution in [3.05, 3.63) is 57.7 Å². The largest absolute Gasteiger partial charge is 0.366 e. The molecule has 3 rings (SSSR count). The van der Waals surface area contributed by atoms with Gasteiger partial charge in [0.25, 0.3) is 5.69 Å². The maximum absolute atomic E-state index is 12.4. The van der Waals surface area contributed by atoms with Crippen molar-refractivity contribution in [1.29, 1.82) is 0 Å². The van der Waals surface area contributed by atoms with E-state index >= 15 is 0 Å². The fourth-order valence-electron chi connectivity index (χ4n) is 2.95. The van der Waals surface area contributed by atoms with E-state index in [1.54, 1.807) is 30.3 Å². The molecular weight excluding hydrogens is 344 g/mol. The number of piperidine rings is 1. The predicted molar refractivity (Wildman–Crippen MR) is 95.9 cm³/mol. The smallest absolute Gasteiger partial charge is 0.292 e. The van der Waals surface area contributed by atoms with Gasteiger partial charge in [-0.2, -0.15) is 0 Å². The van der Waals surface area contributed by atoms with E-state index in [-0.39, 0.29) is 22.4 Å². The van der Waals surface area contributed by atoms with Crippen LogP contribution in [0.25, 0.3) is 0 Å². The zero-order chi connectivity index (χ0) is 17.8. The van der Waals surface area contributed by atoms with Crippen molar-refractivity contribution in [2.24, 2.45) is 5.92 Å². The maximum Gasteiger partial charge on any atom is 0.292 e. The van der Waals surface area contributed by atoms with Gasteiger partial charge in [0.1, 0.15) is 11.5 Å². The first kappa shape index (κ1) is 17.2. The molecule has 0 spiro atoms. The summed E-state index contributed by atoms with van der Waals surface area (Å²) in [4.78, 5) is 29.2. The van der Waals surface area contributed by atoms with Gasteiger partial charge in [-0.3, -0.25) is 14.9 Å². The SMILES string of the molecule is O=C(Nc1ccc(Cl)cn1)C1CCN(c2ccccc2[N+](=O)[O-])CC1. The fraction of sp³-hybridized carbons (Fsp3) is 0.294. The van der Waals surface area contributed by atoms with E-state index in [0.717, 1.165) is 0 Å². The number of halogens is 1. The molecule has 1 aliphatic rings. The number of carbonyl (C=O) groups excluding carboxylic acids is 1. The van der Waals surface area contributed by atoms with Gasteiger partial charge in [-0.05, 0) is 31.0 Å². The van der Waals surface area contributed by atoms with Crippen LogP contribution < -0.4 is 10.2 Å². The Labute approximate surface area is 149 Å². The molecule has 1 saturated heterocycles. The van der Waals surface area contributed by atoms with Gasteiger partial charge in [-0.15, -0.1) is 0 Å². The van der Waals surface area contributed by atoms with E-state index in [4.69, 9.17) is 11.6 Å². The van der Waals surface area contributed by atoms with E-state index < -0.39 is 0 Å². The number of nitrogens with one attached hydrogen (secondary N) is 1. The molecule has 7 nitrogen and oxygen atoms in total. The first-order valence-corrected chi connectivity index (χ1v) is 8.33. The van der Waals surface area contributed by atoms with Gasteiger partial charge in [-0.25, -0.2) is 4.98 Å². The van der Waals surface area contributed by atoms with Crippen LogP contribution in [-0.4, -0.2) is 28.9 Å². The highest BCUT2D eigenvalue weighted by Gasteiger charge is 2.28. The van der Waals surface area contributed by atoms with Crippen molar-refractivity contribution in [2.45, 2.75) is 12.8 Å². The molecular formula is C17H17ClN4O3. The number of pyridine rings is 1. The molecule has 1 fully saturated rings. The third kappa shape index (κ3) is 4.06. The summed E-state index contributed by atoms with van der Waals surface area (Å²) in [6.45, 7) is 1.19. The molecule has 0 saturated carbocycles. The van der Waals surface area contributed by atoms with Crippen molar-refractivity contribution in [3.8, 4) is 0 Å². The third-order valence-electron chi connectivity index (χ3n) is 4.26. The number of anilines is 2. The molecule has 0 aliphatic carbocycles. The minimum absolute atomic E-state index is 0.0861. The average molecular weight is 361 g/mol. The molecule has 1 aliphatic heterocycles. The topological polar surface area (TPSA) is 88.4 Å². The van der Waals surface area contributed by atoms with Gasteiger partial charge >= 0.3 is 0 Å². The van der Waals surface area contributed by atoms with Crippen molar-refractivity contribution in [1.82, 2.24) is 4.98 Å². The Balaban J connectivity index is 1.61. The first-order valence-electron chi connectivity index (χ1n) is 7.95. The van der Waals surface area contributed by atoms with Gasteiger partial charge in [0, 0.05) is 31.3 Å². The summed E-state index contributed by atoms with van der Waals surface area (Å²) in [6, 6.07) is 10.0. The second kappa shape index (κ2) is 7.48. The van der Waals surface area contributed by atoms with E-state index in [1.165, 1.54) is 12.3 Å². The van der Waals surface area contributed by atoms with E-state index in [1.807, 2.05) is 4.90 Å². The zero-order valence-corrected chi connectivity index (χ0v) is 14.1. The monoisotopic (exact) mass is 360 g/mol. The van der Waals surface area contributed by atoms with Gasteiger partial charge in [0.2, 0.25) is 5.91 Å². The lowest BCUT2D eigenvalue weighted by Crippen LogP contribution is -2.38. The van der Waals surface area contributed by atoms with E-state index in [2.05, 4.69) is 10.3 Å². The van der Waals surface area contributed by atoms with Crippen LogP contribution in [0.5, 0.6) is 0 Å². The number of benzene rings is 1. The molecule has 2 aromatic rings. The first-order chi connectivity index (χ1) is 12.0. The maximum atomic E-state index is 12.4. The Morgan fingerprint density at radius 1 is 1.24 bits per heavy atom. The number of nitro benzene ring substituents is 1. The van der Waals surface area contributed by atoms with Crippen molar-refractivity contribution < 1.29 is 9.72 Å². The summed E-state index contributed by atoms with van der Waals surface area (Å²) in [5.41, 5.74) is 0.696. The number of hydrogen-bond donors (Lipinski definition) is 1. The lowest BCUT2D eigenvalue weighted by Gasteiger charge is -2.32. The highest BCUT2D eigenvalue weighted by Crippen LogP contribution is 2.31. The number of hydrogen-bond acceptors (Lipinski definition) is 5. The summed E-state index contributed by atoms with van der Waals surface area (Å²) in [5, 5.41) is 14.5. The van der Waals surface area contributed by atoms with Crippen molar-refractivity contribution in [3.63, 3.8) is 0 Å². The van der Waals surface area contributed by atoms with Gasteiger partial charge in [0.15, 0.2) is 0 Å². The van der Waals surface area contributed by atoms with Crippen LogP contribution in [0, 0.1) is 16.0 Å². The molecule has 0 atom stereocenters. The molecule has 1 amide bonds. The normalized spacial score (nSPS) is 15.0. The van der Waals surface area contributed by atoms with Crippen molar-refractivity contribution >= 4 is 34.7 Å². The number of para-hydroxylation sites is 2. The van der Waals surface area contributed by atoms with Crippen LogP contribution in [0.2, 0.25) is 5.02 Å². The second-order valence-electron chi connectivity index (χ2n) is 5.86. The van der Waals surface area contributed by atoms with Crippen molar-refractivity contribution in [2.75, 3.05) is 23.3 Å². The standard InChI is InChI=1S/C17H17ClN4O3/c18-13-5-6-16(19-11-13)20-17(23)12-7-9-21(10-8-12)14-3-1-2-4-15(14)22(24)25/h1-6,11-12H,7-10H2,(H,19,20,23). The Morgan fingerprint density at radius 2 is 1.96 bits per heavy atom. The highest BCUT2D eigenvalue weighted by molar-refractivity contribution is 6.30. The fourth-order valence-corrected chi connectivity index (χ4v) is 3.06. The molecule has 0 unspecified atom stereocenters. The number of carbonyl (C=O) groups is 1. The lowest BCUT2D eigenvalue weighted by atomic mass is 9.95. The Morgan fingerprint density at radius 3 is 2.60 bits per heavy atom. The molecule has 2 heterocycles. The molecule has 25 heavy (non-hydrogen) atoms. The highest BCUT2D eigenvalue weighted by atomic mass is 35.5. The molecule has 0 radical (unpaired) electrons. The summed E-state index contributed by atoms with van der Waals surface area (Å²) >= 11 is 5.78. The Kier molecular flexibility index (Phi) is 5.14. The molecule has 130 valence electrons. The number of amides is 1. The van der Waals surface area contributed by atoms with Gasteiger partial charge in [0.05, 0.1) is 9.95 Å². The molecule has 0 bridgehead atoms. The summed E-state index contributed by atoms with van der Waals surface area (Å²) in [6.07, 6.45) is 2.74. The zero-order valence-electron chi connectivity index (χ0n) is 13.4. The molecule has 8 heteroatoms. The van der Waals surface area contributed by atoms with E-state index in [9.17, 15) is 14.9 Å². The number of nitrogens with zero attached hydrogens (tertiary/aromatic N) is 3. The third-order valence-corrected chi connectivity index (χ3v) is 4.49. The number of aromatic nitrogens is 1. The van der Waals surface area contributed by atoms with Gasteiger partial charge < -0.3 is 10.2 Å². The molecule has 1 aromatic carbocycles.